The SMILES string of the molecule is CCCOCCOc1ccc(Cl)cc1C(C)=O. The van der Waals surface area contributed by atoms with Gasteiger partial charge in [0.25, 0.3) is 0 Å². The molecule has 0 bridgehead atoms. The number of Topliss-reactive ketones (excluding diaryl/α,β-unsaturated/α-hetero) is 1. The van der Waals surface area contributed by atoms with Crippen molar-refractivity contribution in [2.45, 2.75) is 20.3 Å². The lowest BCUT2D eigenvalue weighted by Crippen LogP contribution is -2.09. The van der Waals surface area contributed by atoms with Crippen LogP contribution in [0, 0.1) is 0 Å². The fourth-order valence-corrected chi connectivity index (χ4v) is 1.53. The zero-order chi connectivity index (χ0) is 12.7. The summed E-state index contributed by atoms with van der Waals surface area (Å²) in [5.41, 5.74) is 0.507. The minimum absolute atomic E-state index is 0.0584. The van der Waals surface area contributed by atoms with Crippen LogP contribution in [-0.4, -0.2) is 25.6 Å². The Kier molecular flexibility index (Phi) is 6.01. The van der Waals surface area contributed by atoms with Crippen molar-refractivity contribution in [3.63, 3.8) is 0 Å². The standard InChI is InChI=1S/C13H17ClO3/c1-3-6-16-7-8-17-13-5-4-11(14)9-12(13)10(2)15/h4-5,9H,3,6-8H2,1-2H3. The molecule has 0 saturated carbocycles. The van der Waals surface area contributed by atoms with Gasteiger partial charge in [0.15, 0.2) is 5.78 Å². The summed E-state index contributed by atoms with van der Waals surface area (Å²) in [6, 6.07) is 5.03. The molecular formula is C13H17ClO3. The largest absolute Gasteiger partial charge is 0.490 e. The zero-order valence-electron chi connectivity index (χ0n) is 10.2. The van der Waals surface area contributed by atoms with Gasteiger partial charge in [-0.2, -0.15) is 0 Å². The average Bonchev–Trinajstić information content (AvgIpc) is 2.30. The summed E-state index contributed by atoms with van der Waals surface area (Å²) in [4.78, 5) is 11.4. The summed E-state index contributed by atoms with van der Waals surface area (Å²) in [5, 5.41) is 0.532. The summed E-state index contributed by atoms with van der Waals surface area (Å²) >= 11 is 5.83. The summed E-state index contributed by atoms with van der Waals surface area (Å²) in [5.74, 6) is 0.499. The first-order valence-electron chi connectivity index (χ1n) is 5.66. The third-order valence-electron chi connectivity index (χ3n) is 2.15. The van der Waals surface area contributed by atoms with Crippen molar-refractivity contribution in [2.75, 3.05) is 19.8 Å². The molecule has 0 heterocycles. The van der Waals surface area contributed by atoms with E-state index in [0.29, 0.717) is 29.5 Å². The fourth-order valence-electron chi connectivity index (χ4n) is 1.36. The second kappa shape index (κ2) is 7.30. The summed E-state index contributed by atoms with van der Waals surface area (Å²) < 4.78 is 10.8. The van der Waals surface area contributed by atoms with Crippen molar-refractivity contribution in [1.82, 2.24) is 0 Å². The number of rotatable bonds is 7. The Bertz CT molecular complexity index is 377. The molecule has 0 amide bonds. The van der Waals surface area contributed by atoms with Gasteiger partial charge in [-0.3, -0.25) is 4.79 Å². The van der Waals surface area contributed by atoms with Gasteiger partial charge in [-0.1, -0.05) is 18.5 Å². The van der Waals surface area contributed by atoms with Crippen LogP contribution in [0.1, 0.15) is 30.6 Å². The van der Waals surface area contributed by atoms with Crippen LogP contribution in [0.4, 0.5) is 0 Å². The number of ether oxygens (including phenoxy) is 2. The van der Waals surface area contributed by atoms with Gasteiger partial charge in [0.2, 0.25) is 0 Å². The van der Waals surface area contributed by atoms with Crippen LogP contribution in [0.5, 0.6) is 5.75 Å². The van der Waals surface area contributed by atoms with E-state index in [1.165, 1.54) is 6.92 Å². The minimum atomic E-state index is -0.0584. The average molecular weight is 257 g/mol. The van der Waals surface area contributed by atoms with Gasteiger partial charge in [-0.05, 0) is 31.5 Å². The van der Waals surface area contributed by atoms with E-state index in [0.717, 1.165) is 13.0 Å². The van der Waals surface area contributed by atoms with Gasteiger partial charge < -0.3 is 9.47 Å². The van der Waals surface area contributed by atoms with E-state index in [-0.39, 0.29) is 5.78 Å². The topological polar surface area (TPSA) is 35.5 Å². The van der Waals surface area contributed by atoms with E-state index in [4.69, 9.17) is 21.1 Å². The van der Waals surface area contributed by atoms with Crippen molar-refractivity contribution in [3.05, 3.63) is 28.8 Å². The van der Waals surface area contributed by atoms with Gasteiger partial charge >= 0.3 is 0 Å². The lowest BCUT2D eigenvalue weighted by molar-refractivity contribution is 0.0963. The van der Waals surface area contributed by atoms with Crippen LogP contribution in [0.3, 0.4) is 0 Å². The molecule has 1 rings (SSSR count). The molecule has 0 aromatic heterocycles. The van der Waals surface area contributed by atoms with Crippen LogP contribution in [0.25, 0.3) is 0 Å². The highest BCUT2D eigenvalue weighted by Gasteiger charge is 2.08. The first kappa shape index (κ1) is 14.0. The first-order valence-corrected chi connectivity index (χ1v) is 6.04. The number of benzene rings is 1. The maximum atomic E-state index is 11.4. The minimum Gasteiger partial charge on any atom is -0.490 e. The lowest BCUT2D eigenvalue weighted by atomic mass is 10.1. The molecule has 0 radical (unpaired) electrons. The Morgan fingerprint density at radius 1 is 1.29 bits per heavy atom. The molecule has 4 heteroatoms. The van der Waals surface area contributed by atoms with Gasteiger partial charge in [0, 0.05) is 11.6 Å². The van der Waals surface area contributed by atoms with Crippen LogP contribution in [0.15, 0.2) is 18.2 Å². The molecule has 0 spiro atoms. The molecule has 0 aliphatic heterocycles. The van der Waals surface area contributed by atoms with Crippen molar-refractivity contribution in [1.29, 1.82) is 0 Å². The summed E-state index contributed by atoms with van der Waals surface area (Å²) in [6.07, 6.45) is 0.986. The van der Waals surface area contributed by atoms with Crippen molar-refractivity contribution in [2.24, 2.45) is 0 Å². The Morgan fingerprint density at radius 3 is 2.71 bits per heavy atom. The second-order valence-corrected chi connectivity index (χ2v) is 4.09. The fraction of sp³-hybridized carbons (Fsp3) is 0.462. The Hall–Kier alpha value is -1.06. The lowest BCUT2D eigenvalue weighted by Gasteiger charge is -2.10. The molecule has 0 saturated heterocycles. The molecule has 1 aromatic rings. The van der Waals surface area contributed by atoms with E-state index in [9.17, 15) is 4.79 Å². The van der Waals surface area contributed by atoms with Crippen molar-refractivity contribution < 1.29 is 14.3 Å². The zero-order valence-corrected chi connectivity index (χ0v) is 10.9. The van der Waals surface area contributed by atoms with Crippen LogP contribution < -0.4 is 4.74 Å². The normalized spacial score (nSPS) is 10.3. The quantitative estimate of drug-likeness (QED) is 0.554. The highest BCUT2D eigenvalue weighted by molar-refractivity contribution is 6.31. The van der Waals surface area contributed by atoms with Crippen LogP contribution >= 0.6 is 11.6 Å². The second-order valence-electron chi connectivity index (χ2n) is 3.66. The predicted molar refractivity (Wildman–Crippen MR) is 68.1 cm³/mol. The molecule has 0 atom stereocenters. The van der Waals surface area contributed by atoms with E-state index >= 15 is 0 Å². The molecule has 0 fully saturated rings. The molecule has 0 aliphatic carbocycles. The molecule has 0 N–H and O–H groups in total. The van der Waals surface area contributed by atoms with Gasteiger partial charge in [0.1, 0.15) is 12.4 Å². The van der Waals surface area contributed by atoms with E-state index in [1.54, 1.807) is 18.2 Å². The molecule has 0 aliphatic rings. The van der Waals surface area contributed by atoms with Crippen LogP contribution in [0.2, 0.25) is 5.02 Å². The summed E-state index contributed by atoms with van der Waals surface area (Å²) in [7, 11) is 0. The highest BCUT2D eigenvalue weighted by atomic mass is 35.5. The molecule has 94 valence electrons. The monoisotopic (exact) mass is 256 g/mol. The van der Waals surface area contributed by atoms with E-state index < -0.39 is 0 Å². The number of carbonyl (C=O) groups excluding carboxylic acids is 1. The molecule has 17 heavy (non-hydrogen) atoms. The number of hydrogen-bond acceptors (Lipinski definition) is 3. The van der Waals surface area contributed by atoms with Gasteiger partial charge in [0.05, 0.1) is 12.2 Å². The third-order valence-corrected chi connectivity index (χ3v) is 2.39. The van der Waals surface area contributed by atoms with E-state index in [1.807, 2.05) is 6.92 Å². The number of halogens is 1. The Balaban J connectivity index is 2.55. The highest BCUT2D eigenvalue weighted by Crippen LogP contribution is 2.23. The van der Waals surface area contributed by atoms with Gasteiger partial charge in [-0.25, -0.2) is 0 Å². The summed E-state index contributed by atoms with van der Waals surface area (Å²) in [6.45, 7) is 5.22. The molecule has 1 aromatic carbocycles. The first-order chi connectivity index (χ1) is 8.15. The third kappa shape index (κ3) is 4.75. The van der Waals surface area contributed by atoms with Crippen LogP contribution in [-0.2, 0) is 4.74 Å². The number of hydrogen-bond donors (Lipinski definition) is 0. The molecule has 3 nitrogen and oxygen atoms in total. The Morgan fingerprint density at radius 2 is 2.06 bits per heavy atom. The van der Waals surface area contributed by atoms with Gasteiger partial charge in [-0.15, -0.1) is 0 Å². The van der Waals surface area contributed by atoms with E-state index in [2.05, 4.69) is 0 Å². The number of ketones is 1. The molecule has 0 unspecified atom stereocenters. The maximum absolute atomic E-state index is 11.4. The smallest absolute Gasteiger partial charge is 0.163 e. The number of carbonyl (C=O) groups is 1. The predicted octanol–water partition coefficient (Wildman–Crippen LogP) is 3.35. The van der Waals surface area contributed by atoms with Crippen molar-refractivity contribution >= 4 is 17.4 Å². The molecular weight excluding hydrogens is 240 g/mol. The maximum Gasteiger partial charge on any atom is 0.163 e. The van der Waals surface area contributed by atoms with Crippen molar-refractivity contribution in [3.8, 4) is 5.75 Å². The Labute approximate surface area is 107 Å².